The molecule has 0 aromatic heterocycles. The second kappa shape index (κ2) is 9.71. The number of carbonyl (C=O) groups excluding carboxylic acids is 1. The van der Waals surface area contributed by atoms with Crippen molar-refractivity contribution < 1.29 is 19.0 Å². The molecule has 1 aliphatic heterocycles. The lowest BCUT2D eigenvalue weighted by Gasteiger charge is -2.12. The first-order chi connectivity index (χ1) is 15.5. The minimum Gasteiger partial charge on any atom is -0.490 e. The van der Waals surface area contributed by atoms with Crippen molar-refractivity contribution in [1.82, 2.24) is 0 Å². The van der Waals surface area contributed by atoms with E-state index in [1.165, 1.54) is 0 Å². The van der Waals surface area contributed by atoms with Gasteiger partial charge in [-0.3, -0.25) is 0 Å². The lowest BCUT2D eigenvalue weighted by molar-refractivity contribution is -0.129. The van der Waals surface area contributed by atoms with E-state index in [2.05, 4.69) is 4.99 Å². The summed E-state index contributed by atoms with van der Waals surface area (Å²) in [6.45, 7) is 4.73. The maximum absolute atomic E-state index is 12.4. The van der Waals surface area contributed by atoms with E-state index in [0.29, 0.717) is 35.3 Å². The van der Waals surface area contributed by atoms with Crippen molar-refractivity contribution >= 4 is 29.5 Å². The molecule has 0 fully saturated rings. The number of cyclic esters (lactones) is 1. The van der Waals surface area contributed by atoms with Gasteiger partial charge in [0.25, 0.3) is 0 Å². The van der Waals surface area contributed by atoms with Crippen LogP contribution in [0.25, 0.3) is 6.08 Å². The van der Waals surface area contributed by atoms with E-state index in [4.69, 9.17) is 25.8 Å². The molecule has 4 rings (SSSR count). The van der Waals surface area contributed by atoms with Gasteiger partial charge in [0.05, 0.1) is 6.61 Å². The smallest absolute Gasteiger partial charge is 0.363 e. The number of esters is 1. The first kappa shape index (κ1) is 21.7. The molecule has 0 spiro atoms. The van der Waals surface area contributed by atoms with Gasteiger partial charge in [-0.15, -0.1) is 0 Å². The fourth-order valence-corrected chi connectivity index (χ4v) is 3.33. The molecular formula is C26H22ClNO4. The van der Waals surface area contributed by atoms with Crippen molar-refractivity contribution in [2.24, 2.45) is 4.99 Å². The van der Waals surface area contributed by atoms with Crippen molar-refractivity contribution in [3.8, 4) is 11.5 Å². The number of halogens is 1. The zero-order valence-electron chi connectivity index (χ0n) is 17.8. The van der Waals surface area contributed by atoms with Crippen molar-refractivity contribution in [2.45, 2.75) is 20.5 Å². The summed E-state index contributed by atoms with van der Waals surface area (Å²) in [5.41, 5.74) is 3.61. The summed E-state index contributed by atoms with van der Waals surface area (Å²) < 4.78 is 17.0. The molecule has 6 heteroatoms. The zero-order chi connectivity index (χ0) is 22.5. The predicted molar refractivity (Wildman–Crippen MR) is 125 cm³/mol. The van der Waals surface area contributed by atoms with Crippen molar-refractivity contribution in [3.63, 3.8) is 0 Å². The highest BCUT2D eigenvalue weighted by molar-refractivity contribution is 6.31. The van der Waals surface area contributed by atoms with Gasteiger partial charge >= 0.3 is 5.97 Å². The maximum Gasteiger partial charge on any atom is 0.363 e. The van der Waals surface area contributed by atoms with Crippen LogP contribution in [0.3, 0.4) is 0 Å². The van der Waals surface area contributed by atoms with Crippen LogP contribution in [-0.2, 0) is 16.1 Å². The van der Waals surface area contributed by atoms with Gasteiger partial charge in [-0.1, -0.05) is 54.1 Å². The summed E-state index contributed by atoms with van der Waals surface area (Å²) in [4.78, 5) is 16.7. The molecule has 0 aliphatic carbocycles. The molecule has 0 saturated carbocycles. The van der Waals surface area contributed by atoms with Gasteiger partial charge in [0.1, 0.15) is 6.61 Å². The third-order valence-corrected chi connectivity index (χ3v) is 5.25. The molecule has 162 valence electrons. The third-order valence-electron chi connectivity index (χ3n) is 4.85. The largest absolute Gasteiger partial charge is 0.490 e. The van der Waals surface area contributed by atoms with Gasteiger partial charge < -0.3 is 14.2 Å². The molecule has 0 N–H and O–H groups in total. The Morgan fingerprint density at radius 3 is 2.56 bits per heavy atom. The Hall–Kier alpha value is -3.57. The molecule has 32 heavy (non-hydrogen) atoms. The van der Waals surface area contributed by atoms with E-state index in [0.717, 1.165) is 16.7 Å². The summed E-state index contributed by atoms with van der Waals surface area (Å²) in [6.07, 6.45) is 1.66. The SMILES string of the molecule is CCOc1cc(/C=C2\N=C(c3ccc(C)c(Cl)c3)OC2=O)ccc1OCc1ccccc1. The van der Waals surface area contributed by atoms with Gasteiger partial charge in [-0.05, 0) is 60.9 Å². The van der Waals surface area contributed by atoms with Crippen molar-refractivity contribution in [1.29, 1.82) is 0 Å². The minimum absolute atomic E-state index is 0.206. The van der Waals surface area contributed by atoms with Crippen LogP contribution < -0.4 is 9.47 Å². The fraction of sp³-hybridized carbons (Fsp3) is 0.154. The number of hydrogen-bond acceptors (Lipinski definition) is 5. The molecule has 0 bridgehead atoms. The molecule has 0 amide bonds. The highest BCUT2D eigenvalue weighted by Crippen LogP contribution is 2.31. The topological polar surface area (TPSA) is 57.1 Å². The van der Waals surface area contributed by atoms with Crippen LogP contribution in [0, 0.1) is 6.92 Å². The monoisotopic (exact) mass is 447 g/mol. The first-order valence-electron chi connectivity index (χ1n) is 10.3. The maximum atomic E-state index is 12.4. The van der Waals surface area contributed by atoms with E-state index in [-0.39, 0.29) is 11.6 Å². The number of aryl methyl sites for hydroxylation is 1. The number of ether oxygens (including phenoxy) is 3. The Morgan fingerprint density at radius 2 is 1.81 bits per heavy atom. The Morgan fingerprint density at radius 1 is 1.00 bits per heavy atom. The number of benzene rings is 3. The number of aliphatic imine (C=N–C) groups is 1. The van der Waals surface area contributed by atoms with Gasteiger partial charge in [-0.25, -0.2) is 9.79 Å². The Kier molecular flexibility index (Phi) is 6.57. The number of nitrogens with zero attached hydrogens (tertiary/aromatic N) is 1. The average molecular weight is 448 g/mol. The van der Waals surface area contributed by atoms with Gasteiger partial charge in [0.2, 0.25) is 5.90 Å². The highest BCUT2D eigenvalue weighted by atomic mass is 35.5. The first-order valence-corrected chi connectivity index (χ1v) is 10.6. The lowest BCUT2D eigenvalue weighted by atomic mass is 10.1. The van der Waals surface area contributed by atoms with Gasteiger partial charge in [0, 0.05) is 10.6 Å². The summed E-state index contributed by atoms with van der Waals surface area (Å²) in [5, 5.41) is 0.589. The van der Waals surface area contributed by atoms with Gasteiger partial charge in [-0.2, -0.15) is 0 Å². The van der Waals surface area contributed by atoms with Crippen LogP contribution in [0.2, 0.25) is 5.02 Å². The molecule has 1 heterocycles. The minimum atomic E-state index is -0.515. The van der Waals surface area contributed by atoms with Crippen LogP contribution in [0.1, 0.15) is 29.2 Å². The molecule has 3 aromatic carbocycles. The normalized spacial score (nSPS) is 14.3. The van der Waals surface area contributed by atoms with E-state index >= 15 is 0 Å². The summed E-state index contributed by atoms with van der Waals surface area (Å²) in [5.74, 6) is 0.944. The van der Waals surface area contributed by atoms with Crippen molar-refractivity contribution in [2.75, 3.05) is 6.61 Å². The zero-order valence-corrected chi connectivity index (χ0v) is 18.6. The van der Waals surface area contributed by atoms with Crippen LogP contribution >= 0.6 is 11.6 Å². The Bertz CT molecular complexity index is 1200. The Balaban J connectivity index is 1.57. The number of rotatable bonds is 7. The van der Waals surface area contributed by atoms with E-state index in [1.807, 2.05) is 74.5 Å². The van der Waals surface area contributed by atoms with E-state index in [1.54, 1.807) is 12.1 Å². The summed E-state index contributed by atoms with van der Waals surface area (Å²) in [6, 6.07) is 20.8. The molecule has 0 saturated heterocycles. The second-order valence-corrected chi connectivity index (χ2v) is 7.62. The number of hydrogen-bond donors (Lipinski definition) is 0. The molecule has 0 radical (unpaired) electrons. The predicted octanol–water partition coefficient (Wildman–Crippen LogP) is 5.97. The second-order valence-electron chi connectivity index (χ2n) is 7.21. The van der Waals surface area contributed by atoms with Crippen LogP contribution in [0.4, 0.5) is 0 Å². The van der Waals surface area contributed by atoms with Crippen LogP contribution in [0.15, 0.2) is 77.4 Å². The van der Waals surface area contributed by atoms with Gasteiger partial charge in [0.15, 0.2) is 17.2 Å². The van der Waals surface area contributed by atoms with Crippen LogP contribution in [-0.4, -0.2) is 18.5 Å². The van der Waals surface area contributed by atoms with Crippen LogP contribution in [0.5, 0.6) is 11.5 Å². The van der Waals surface area contributed by atoms with E-state index in [9.17, 15) is 4.79 Å². The highest BCUT2D eigenvalue weighted by Gasteiger charge is 2.24. The molecule has 0 unspecified atom stereocenters. The summed E-state index contributed by atoms with van der Waals surface area (Å²) >= 11 is 6.19. The van der Waals surface area contributed by atoms with E-state index < -0.39 is 5.97 Å². The fourth-order valence-electron chi connectivity index (χ4n) is 3.15. The summed E-state index contributed by atoms with van der Waals surface area (Å²) in [7, 11) is 0. The molecule has 3 aromatic rings. The standard InChI is InChI=1S/C26H22ClNO4/c1-3-30-24-14-19(10-12-23(24)31-16-18-7-5-4-6-8-18)13-22-26(29)32-25(28-22)20-11-9-17(2)21(27)15-20/h4-15H,3,16H2,1-2H3/b22-13-. The molecular weight excluding hydrogens is 426 g/mol. The number of carbonyl (C=O) groups is 1. The van der Waals surface area contributed by atoms with Crippen molar-refractivity contribution in [3.05, 3.63) is 99.7 Å². The molecule has 0 atom stereocenters. The Labute approximate surface area is 191 Å². The molecule has 1 aliphatic rings. The third kappa shape index (κ3) is 5.01. The lowest BCUT2D eigenvalue weighted by Crippen LogP contribution is -2.05. The quantitative estimate of drug-likeness (QED) is 0.330. The molecule has 5 nitrogen and oxygen atoms in total. The average Bonchev–Trinajstić information content (AvgIpc) is 3.16.